The topological polar surface area (TPSA) is 157 Å². The van der Waals surface area contributed by atoms with Gasteiger partial charge < -0.3 is 19.9 Å². The van der Waals surface area contributed by atoms with Crippen molar-refractivity contribution in [3.63, 3.8) is 0 Å². The number of benzene rings is 1. The molecule has 11 heteroatoms. The molecule has 3 N–H and O–H groups in total. The van der Waals surface area contributed by atoms with Crippen LogP contribution in [0.2, 0.25) is 0 Å². The van der Waals surface area contributed by atoms with Gasteiger partial charge in [0.1, 0.15) is 12.4 Å². The third kappa shape index (κ3) is 7.06. The summed E-state index contributed by atoms with van der Waals surface area (Å²) in [7, 11) is -2.38. The molecule has 1 heterocycles. The van der Waals surface area contributed by atoms with E-state index in [1.54, 1.807) is 0 Å². The molecule has 3 atom stereocenters. The molecule has 0 aliphatic heterocycles. The zero-order valence-corrected chi connectivity index (χ0v) is 18.1. The normalized spacial score (nSPS) is 14.3. The highest BCUT2D eigenvalue weighted by Gasteiger charge is 2.29. The van der Waals surface area contributed by atoms with Crippen molar-refractivity contribution in [1.82, 2.24) is 10.3 Å². The van der Waals surface area contributed by atoms with Crippen molar-refractivity contribution >= 4 is 21.9 Å². The van der Waals surface area contributed by atoms with Crippen molar-refractivity contribution < 1.29 is 27.8 Å². The van der Waals surface area contributed by atoms with Crippen LogP contribution in [0.5, 0.6) is 0 Å². The number of carbonyl (C=O) groups is 1. The number of unbranched alkanes of at least 4 members (excludes halogenated alkanes) is 1. The van der Waals surface area contributed by atoms with Gasteiger partial charge in [-0.15, -0.1) is 0 Å². The van der Waals surface area contributed by atoms with Gasteiger partial charge in [0.15, 0.2) is 5.69 Å². The highest BCUT2D eigenvalue weighted by atomic mass is 32.2. The molecule has 0 fully saturated rings. The molecule has 1 amide bonds. The Hall–Kier alpha value is -2.94. The standard InChI is InChI=1S/C20H26N4O6S/c1-24(31(2,28)29)20-23-16(13-30-20)19(27)22-15(12-14-8-4-3-5-9-14)18(26)17(25)10-6-7-11-21/h3-5,8-9,13,15,17-18,25-26H,6-7,10,12H2,1-2H3,(H,22,27). The number of oxazole rings is 1. The minimum Gasteiger partial charge on any atom is -0.430 e. The molecular formula is C20H26N4O6S. The maximum atomic E-state index is 12.7. The van der Waals surface area contributed by atoms with Crippen LogP contribution in [0, 0.1) is 11.3 Å². The largest absolute Gasteiger partial charge is 0.430 e. The summed E-state index contributed by atoms with van der Waals surface area (Å²) in [6, 6.07) is 9.95. The van der Waals surface area contributed by atoms with Crippen LogP contribution in [0.4, 0.5) is 6.01 Å². The quantitative estimate of drug-likeness (QED) is 0.425. The third-order valence-corrected chi connectivity index (χ3v) is 5.85. The number of sulfonamides is 1. The lowest BCUT2D eigenvalue weighted by Gasteiger charge is -2.27. The predicted molar refractivity (Wildman–Crippen MR) is 113 cm³/mol. The number of aliphatic hydroxyl groups excluding tert-OH is 2. The van der Waals surface area contributed by atoms with Gasteiger partial charge in [0.25, 0.3) is 5.91 Å². The lowest BCUT2D eigenvalue weighted by molar-refractivity contribution is -0.00792. The Morgan fingerprint density at radius 3 is 2.61 bits per heavy atom. The number of anilines is 1. The minimum absolute atomic E-state index is 0.172. The van der Waals surface area contributed by atoms with E-state index in [0.717, 1.165) is 22.4 Å². The highest BCUT2D eigenvalue weighted by molar-refractivity contribution is 7.92. The van der Waals surface area contributed by atoms with Crippen LogP contribution in [-0.4, -0.2) is 61.1 Å². The zero-order valence-electron chi connectivity index (χ0n) is 17.3. The molecule has 2 aromatic rings. The Morgan fingerprint density at radius 1 is 1.32 bits per heavy atom. The summed E-state index contributed by atoms with van der Waals surface area (Å²) in [6.45, 7) is 0. The summed E-state index contributed by atoms with van der Waals surface area (Å²) in [5, 5.41) is 32.3. The second-order valence-electron chi connectivity index (χ2n) is 7.12. The van der Waals surface area contributed by atoms with Crippen molar-refractivity contribution in [2.45, 2.75) is 43.9 Å². The smallest absolute Gasteiger partial charge is 0.311 e. The first kappa shape index (κ1) is 24.3. The summed E-state index contributed by atoms with van der Waals surface area (Å²) in [6.07, 6.45) is 0.624. The average molecular weight is 451 g/mol. The molecule has 10 nitrogen and oxygen atoms in total. The molecule has 1 aromatic carbocycles. The number of carbonyl (C=O) groups excluding carboxylic acids is 1. The Bertz CT molecular complexity index is 1000. The fourth-order valence-corrected chi connectivity index (χ4v) is 3.22. The van der Waals surface area contributed by atoms with E-state index >= 15 is 0 Å². The molecule has 3 unspecified atom stereocenters. The van der Waals surface area contributed by atoms with Crippen LogP contribution in [0.25, 0.3) is 0 Å². The lowest BCUT2D eigenvalue weighted by Crippen LogP contribution is -2.49. The molecule has 0 aliphatic rings. The number of nitrogens with one attached hydrogen (secondary N) is 1. The van der Waals surface area contributed by atoms with Gasteiger partial charge in [-0.3, -0.25) is 4.79 Å². The fraction of sp³-hybridized carbons (Fsp3) is 0.450. The van der Waals surface area contributed by atoms with E-state index in [4.69, 9.17) is 9.68 Å². The van der Waals surface area contributed by atoms with Gasteiger partial charge in [-0.05, 0) is 24.8 Å². The van der Waals surface area contributed by atoms with Crippen molar-refractivity contribution in [3.8, 4) is 6.07 Å². The van der Waals surface area contributed by atoms with Crippen LogP contribution in [0.3, 0.4) is 0 Å². The number of aromatic nitrogens is 1. The summed E-state index contributed by atoms with van der Waals surface area (Å²) in [5.41, 5.74) is 0.656. The van der Waals surface area contributed by atoms with Gasteiger partial charge >= 0.3 is 6.01 Å². The number of aliphatic hydroxyl groups is 2. The van der Waals surface area contributed by atoms with Crippen molar-refractivity contribution in [1.29, 1.82) is 5.26 Å². The number of amides is 1. The first-order valence-corrected chi connectivity index (χ1v) is 11.5. The van der Waals surface area contributed by atoms with E-state index in [-0.39, 0.29) is 31.0 Å². The third-order valence-electron chi connectivity index (χ3n) is 4.70. The summed E-state index contributed by atoms with van der Waals surface area (Å²) in [4.78, 5) is 16.6. The first-order valence-electron chi connectivity index (χ1n) is 9.60. The lowest BCUT2D eigenvalue weighted by atomic mass is 9.95. The number of nitriles is 1. The van der Waals surface area contributed by atoms with E-state index in [1.165, 1.54) is 7.05 Å². The second kappa shape index (κ2) is 10.9. The molecule has 0 spiro atoms. The fourth-order valence-electron chi connectivity index (χ4n) is 2.85. The molecule has 0 bridgehead atoms. The van der Waals surface area contributed by atoms with Gasteiger partial charge in [0.2, 0.25) is 10.0 Å². The van der Waals surface area contributed by atoms with Crippen LogP contribution in [0.15, 0.2) is 41.0 Å². The summed E-state index contributed by atoms with van der Waals surface area (Å²) in [5.74, 6) is -0.693. The Labute approximate surface area is 181 Å². The maximum absolute atomic E-state index is 12.7. The maximum Gasteiger partial charge on any atom is 0.311 e. The highest BCUT2D eigenvalue weighted by Crippen LogP contribution is 2.17. The molecule has 0 aliphatic carbocycles. The Morgan fingerprint density at radius 2 is 2.00 bits per heavy atom. The SMILES string of the molecule is CN(c1nc(C(=O)NC(Cc2ccccc2)C(O)C(O)CCCC#N)co1)S(C)(=O)=O. The average Bonchev–Trinajstić information content (AvgIpc) is 3.22. The molecule has 0 saturated heterocycles. The van der Waals surface area contributed by atoms with Crippen LogP contribution in [-0.2, 0) is 16.4 Å². The summed E-state index contributed by atoms with van der Waals surface area (Å²) >= 11 is 0. The van der Waals surface area contributed by atoms with E-state index in [9.17, 15) is 23.4 Å². The number of hydrogen-bond acceptors (Lipinski definition) is 8. The molecular weight excluding hydrogens is 424 g/mol. The Balaban J connectivity index is 2.17. The monoisotopic (exact) mass is 450 g/mol. The van der Waals surface area contributed by atoms with Gasteiger partial charge in [-0.1, -0.05) is 30.3 Å². The number of rotatable bonds is 11. The number of nitrogens with zero attached hydrogens (tertiary/aromatic N) is 3. The van der Waals surface area contributed by atoms with Gasteiger partial charge in [0, 0.05) is 13.5 Å². The molecule has 0 saturated carbocycles. The summed E-state index contributed by atoms with van der Waals surface area (Å²) < 4.78 is 29.1. The van der Waals surface area contributed by atoms with E-state index in [2.05, 4.69) is 10.3 Å². The minimum atomic E-state index is -3.62. The zero-order chi connectivity index (χ0) is 23.0. The molecule has 1 aromatic heterocycles. The molecule has 168 valence electrons. The van der Waals surface area contributed by atoms with E-state index < -0.39 is 34.2 Å². The van der Waals surface area contributed by atoms with Gasteiger partial charge in [-0.2, -0.15) is 10.2 Å². The predicted octanol–water partition coefficient (Wildman–Crippen LogP) is 0.827. The van der Waals surface area contributed by atoms with Crippen LogP contribution in [0.1, 0.15) is 35.3 Å². The van der Waals surface area contributed by atoms with Crippen molar-refractivity contribution in [2.75, 3.05) is 17.6 Å². The Kier molecular flexibility index (Phi) is 8.56. The second-order valence-corrected chi connectivity index (χ2v) is 9.14. The molecule has 0 radical (unpaired) electrons. The van der Waals surface area contributed by atoms with Crippen molar-refractivity contribution in [3.05, 3.63) is 47.9 Å². The van der Waals surface area contributed by atoms with Gasteiger partial charge in [0.05, 0.1) is 24.5 Å². The van der Waals surface area contributed by atoms with E-state index in [0.29, 0.717) is 6.42 Å². The number of hydrogen-bond donors (Lipinski definition) is 3. The van der Waals surface area contributed by atoms with Crippen LogP contribution >= 0.6 is 0 Å². The molecule has 31 heavy (non-hydrogen) atoms. The van der Waals surface area contributed by atoms with Gasteiger partial charge in [-0.25, -0.2) is 12.7 Å². The van der Waals surface area contributed by atoms with Crippen LogP contribution < -0.4 is 9.62 Å². The first-order chi connectivity index (χ1) is 14.6. The van der Waals surface area contributed by atoms with Crippen molar-refractivity contribution in [2.24, 2.45) is 0 Å². The molecule has 2 rings (SSSR count). The van der Waals surface area contributed by atoms with E-state index in [1.807, 2.05) is 36.4 Å².